The van der Waals surface area contributed by atoms with E-state index in [0.717, 1.165) is 14.4 Å². The van der Waals surface area contributed by atoms with Gasteiger partial charge in [0.25, 0.3) is 0 Å². The average Bonchev–Trinajstić information content (AvgIpc) is 2.78. The molecule has 0 saturated heterocycles. The highest BCUT2D eigenvalue weighted by molar-refractivity contribution is 7.98. The van der Waals surface area contributed by atoms with Crippen LogP contribution < -0.4 is 5.73 Å². The Labute approximate surface area is 98.6 Å². The van der Waals surface area contributed by atoms with Crippen LogP contribution in [0.1, 0.15) is 9.67 Å². The normalized spacial score (nSPS) is 10.8. The van der Waals surface area contributed by atoms with Crippen LogP contribution >= 0.6 is 34.6 Å². The Bertz CT molecular complexity index is 517. The van der Waals surface area contributed by atoms with E-state index in [1.807, 2.05) is 6.26 Å². The van der Waals surface area contributed by atoms with E-state index in [1.54, 1.807) is 0 Å². The van der Waals surface area contributed by atoms with Gasteiger partial charge in [-0.3, -0.25) is 0 Å². The first-order chi connectivity index (χ1) is 7.19. The fourth-order valence-electron chi connectivity index (χ4n) is 1.20. The third kappa shape index (κ3) is 1.60. The number of anilines is 1. The van der Waals surface area contributed by atoms with Gasteiger partial charge in [0.05, 0.1) is 18.2 Å². The van der Waals surface area contributed by atoms with Crippen LogP contribution in [-0.4, -0.2) is 23.7 Å². The molecule has 80 valence electrons. The highest BCUT2D eigenvalue weighted by Gasteiger charge is 2.21. The molecule has 0 amide bonds. The number of hydrogen-bond acceptors (Lipinski definition) is 7. The summed E-state index contributed by atoms with van der Waals surface area (Å²) in [5.74, 6) is -0.382. The van der Waals surface area contributed by atoms with Crippen molar-refractivity contribution in [3.63, 3.8) is 0 Å². The summed E-state index contributed by atoms with van der Waals surface area (Å²) in [6.07, 6.45) is 1.93. The molecule has 7 heteroatoms. The molecule has 0 radical (unpaired) electrons. The van der Waals surface area contributed by atoms with Crippen LogP contribution in [0.3, 0.4) is 0 Å². The van der Waals surface area contributed by atoms with Crippen LogP contribution in [0, 0.1) is 0 Å². The molecule has 0 bridgehead atoms. The maximum atomic E-state index is 11.4. The molecular weight excluding hydrogens is 252 g/mol. The van der Waals surface area contributed by atoms with Crippen LogP contribution in [0.25, 0.3) is 9.40 Å². The monoisotopic (exact) mass is 260 g/mol. The van der Waals surface area contributed by atoms with Crippen molar-refractivity contribution in [1.29, 1.82) is 0 Å². The third-order valence-electron chi connectivity index (χ3n) is 1.90. The van der Waals surface area contributed by atoms with Gasteiger partial charge in [0.2, 0.25) is 0 Å². The topological polar surface area (TPSA) is 65.2 Å². The summed E-state index contributed by atoms with van der Waals surface area (Å²) in [5.41, 5.74) is 6.39. The minimum atomic E-state index is -0.382. The second kappa shape index (κ2) is 3.99. The van der Waals surface area contributed by atoms with Gasteiger partial charge in [0.1, 0.15) is 13.9 Å². The van der Waals surface area contributed by atoms with Crippen molar-refractivity contribution in [2.45, 2.75) is 5.03 Å². The van der Waals surface area contributed by atoms with Crippen molar-refractivity contribution in [1.82, 2.24) is 4.37 Å². The zero-order chi connectivity index (χ0) is 11.0. The van der Waals surface area contributed by atoms with E-state index in [0.29, 0.717) is 10.6 Å². The molecule has 0 atom stereocenters. The maximum Gasteiger partial charge on any atom is 0.350 e. The van der Waals surface area contributed by atoms with E-state index in [-0.39, 0.29) is 5.97 Å². The molecular formula is C8H8N2O2S3. The lowest BCUT2D eigenvalue weighted by atomic mass is 10.3. The number of carbonyl (C=O) groups excluding carboxylic acids is 1. The van der Waals surface area contributed by atoms with Crippen molar-refractivity contribution < 1.29 is 9.53 Å². The number of fused-ring (bicyclic) bond motifs is 1. The lowest BCUT2D eigenvalue weighted by Crippen LogP contribution is -2.01. The van der Waals surface area contributed by atoms with Gasteiger partial charge >= 0.3 is 5.97 Å². The first kappa shape index (κ1) is 10.7. The van der Waals surface area contributed by atoms with Gasteiger partial charge in [0, 0.05) is 0 Å². The molecule has 2 aromatic heterocycles. The molecule has 0 aromatic carbocycles. The van der Waals surface area contributed by atoms with Gasteiger partial charge in [-0.2, -0.15) is 4.37 Å². The fraction of sp³-hybridized carbons (Fsp3) is 0.250. The average molecular weight is 260 g/mol. The quantitative estimate of drug-likeness (QED) is 0.663. The van der Waals surface area contributed by atoms with E-state index in [4.69, 9.17) is 5.73 Å². The number of nitrogens with zero attached hydrogens (tertiary/aromatic N) is 1. The molecule has 2 heterocycles. The summed E-state index contributed by atoms with van der Waals surface area (Å²) in [6.45, 7) is 0. The number of hydrogen-bond donors (Lipinski definition) is 1. The first-order valence-corrected chi connectivity index (χ1v) is 6.80. The molecule has 0 aliphatic rings. The first-order valence-electron chi connectivity index (χ1n) is 3.99. The molecule has 2 N–H and O–H groups in total. The van der Waals surface area contributed by atoms with Crippen LogP contribution in [0.5, 0.6) is 0 Å². The molecule has 2 rings (SSSR count). The third-order valence-corrected chi connectivity index (χ3v) is 4.80. The molecule has 0 spiro atoms. The van der Waals surface area contributed by atoms with E-state index in [9.17, 15) is 4.79 Å². The molecule has 15 heavy (non-hydrogen) atoms. The highest BCUT2D eigenvalue weighted by Crippen LogP contribution is 2.41. The number of esters is 1. The molecule has 0 aliphatic carbocycles. The number of nitrogens with two attached hydrogens (primary N) is 1. The molecule has 0 fully saturated rings. The number of aromatic nitrogens is 1. The second-order valence-corrected chi connectivity index (χ2v) is 5.54. The minimum absolute atomic E-state index is 0.382. The van der Waals surface area contributed by atoms with Gasteiger partial charge in [-0.25, -0.2) is 4.79 Å². The summed E-state index contributed by atoms with van der Waals surface area (Å²) in [6, 6.07) is 0. The Hall–Kier alpha value is -0.790. The van der Waals surface area contributed by atoms with E-state index >= 15 is 0 Å². The highest BCUT2D eigenvalue weighted by atomic mass is 32.2. The minimum Gasteiger partial charge on any atom is -0.465 e. The summed E-state index contributed by atoms with van der Waals surface area (Å²) in [5, 5.41) is 1.76. The van der Waals surface area contributed by atoms with Crippen molar-refractivity contribution >= 4 is 55.7 Å². The smallest absolute Gasteiger partial charge is 0.350 e. The van der Waals surface area contributed by atoms with Crippen LogP contribution in [0.15, 0.2) is 5.03 Å². The number of thiophene rings is 1. The van der Waals surface area contributed by atoms with E-state index < -0.39 is 0 Å². The molecule has 2 aromatic rings. The molecule has 0 unspecified atom stereocenters. The summed E-state index contributed by atoms with van der Waals surface area (Å²) >= 11 is 4.22. The number of ether oxygens (including phenoxy) is 1. The Morgan fingerprint density at radius 3 is 2.93 bits per heavy atom. The van der Waals surface area contributed by atoms with Gasteiger partial charge in [0.15, 0.2) is 0 Å². The van der Waals surface area contributed by atoms with Crippen molar-refractivity contribution in [3.8, 4) is 0 Å². The fourth-order valence-corrected chi connectivity index (χ4v) is 4.10. The zero-order valence-corrected chi connectivity index (χ0v) is 10.5. The lowest BCUT2D eigenvalue weighted by Gasteiger charge is -1.96. The Morgan fingerprint density at radius 1 is 1.60 bits per heavy atom. The number of nitrogen functional groups attached to an aromatic ring is 1. The maximum absolute atomic E-state index is 11.4. The lowest BCUT2D eigenvalue weighted by molar-refractivity contribution is 0.0607. The predicted octanol–water partition coefficient (Wildman–Crippen LogP) is 2.45. The Morgan fingerprint density at radius 2 is 2.33 bits per heavy atom. The number of thioether (sulfide) groups is 1. The number of rotatable bonds is 2. The summed E-state index contributed by atoms with van der Waals surface area (Å²) in [4.78, 5) is 11.9. The molecule has 4 nitrogen and oxygen atoms in total. The van der Waals surface area contributed by atoms with Crippen LogP contribution in [0.4, 0.5) is 5.69 Å². The Kier molecular flexibility index (Phi) is 2.85. The largest absolute Gasteiger partial charge is 0.465 e. The van der Waals surface area contributed by atoms with Crippen molar-refractivity contribution in [2.24, 2.45) is 0 Å². The van der Waals surface area contributed by atoms with Gasteiger partial charge in [-0.1, -0.05) is 0 Å². The Balaban J connectivity index is 2.65. The number of methoxy groups -OCH3 is 1. The van der Waals surface area contributed by atoms with E-state index in [2.05, 4.69) is 9.11 Å². The van der Waals surface area contributed by atoms with Crippen molar-refractivity contribution in [3.05, 3.63) is 4.88 Å². The second-order valence-electron chi connectivity index (χ2n) is 2.69. The molecule has 0 saturated carbocycles. The number of carbonyl (C=O) groups is 1. The summed E-state index contributed by atoms with van der Waals surface area (Å²) in [7, 11) is 1.35. The predicted molar refractivity (Wildman–Crippen MR) is 65.0 cm³/mol. The van der Waals surface area contributed by atoms with Gasteiger partial charge < -0.3 is 10.5 Å². The van der Waals surface area contributed by atoms with E-state index in [1.165, 1.54) is 41.7 Å². The summed E-state index contributed by atoms with van der Waals surface area (Å²) < 4.78 is 9.87. The van der Waals surface area contributed by atoms with Crippen LogP contribution in [-0.2, 0) is 4.74 Å². The van der Waals surface area contributed by atoms with Gasteiger partial charge in [-0.05, 0) is 17.8 Å². The SMILES string of the molecule is COC(=O)c1sc2snc(SC)c2c1N. The van der Waals surface area contributed by atoms with Crippen LogP contribution in [0.2, 0.25) is 0 Å². The zero-order valence-electron chi connectivity index (χ0n) is 8.07. The van der Waals surface area contributed by atoms with Crippen molar-refractivity contribution in [2.75, 3.05) is 19.1 Å². The van der Waals surface area contributed by atoms with Gasteiger partial charge in [-0.15, -0.1) is 23.1 Å². The molecule has 0 aliphatic heterocycles. The standard InChI is InChI=1S/C8H8N2O2S3/c1-12-7(11)5-4(9)3-6(13-2)10-15-8(3)14-5/h9H2,1-2H3.